The molecule has 0 heterocycles. The summed E-state index contributed by atoms with van der Waals surface area (Å²) in [7, 11) is 8.82. The molecule has 0 aliphatic rings. The molecule has 0 bridgehead atoms. The molecule has 150 valence electrons. The van der Waals surface area contributed by atoms with E-state index in [9.17, 15) is 4.79 Å². The zero-order valence-corrected chi connectivity index (χ0v) is 16.8. The minimum atomic E-state index is -0.240. The molecular formula is C21H24O7. The summed E-state index contributed by atoms with van der Waals surface area (Å²) in [6.07, 6.45) is 1.36. The summed E-state index contributed by atoms with van der Waals surface area (Å²) in [6, 6.07) is 8.84. The van der Waals surface area contributed by atoms with Crippen molar-refractivity contribution in [3.8, 4) is 28.7 Å². The third kappa shape index (κ3) is 3.83. The highest BCUT2D eigenvalue weighted by Crippen LogP contribution is 2.55. The predicted octanol–water partition coefficient (Wildman–Crippen LogP) is 3.60. The standard InChI is InChI=1S/C21H24O7/c1-23-15(12-14(22)13-10-8-7-9-11-13)16-17(24-2)19(26-4)21(28-6)20(27-5)18(16)25-3/h7-12H,1-6H3. The number of hydrogen-bond donors (Lipinski definition) is 0. The summed E-state index contributed by atoms with van der Waals surface area (Å²) >= 11 is 0. The quantitative estimate of drug-likeness (QED) is 0.369. The van der Waals surface area contributed by atoms with E-state index < -0.39 is 0 Å². The van der Waals surface area contributed by atoms with Crippen LogP contribution in [-0.4, -0.2) is 48.4 Å². The van der Waals surface area contributed by atoms with Gasteiger partial charge in [-0.3, -0.25) is 4.79 Å². The highest BCUT2D eigenvalue weighted by molar-refractivity contribution is 6.08. The highest BCUT2D eigenvalue weighted by Gasteiger charge is 2.31. The van der Waals surface area contributed by atoms with Crippen LogP contribution in [-0.2, 0) is 4.74 Å². The molecule has 2 rings (SSSR count). The van der Waals surface area contributed by atoms with Crippen LogP contribution < -0.4 is 23.7 Å². The molecule has 0 aliphatic carbocycles. The maximum Gasteiger partial charge on any atom is 0.211 e. The van der Waals surface area contributed by atoms with E-state index in [4.69, 9.17) is 28.4 Å². The third-order valence-corrected chi connectivity index (χ3v) is 4.09. The highest BCUT2D eigenvalue weighted by atomic mass is 16.6. The van der Waals surface area contributed by atoms with Gasteiger partial charge in [0, 0.05) is 11.6 Å². The Morgan fingerprint density at radius 2 is 1.11 bits per heavy atom. The van der Waals surface area contributed by atoms with Gasteiger partial charge in [0.25, 0.3) is 0 Å². The minimum Gasteiger partial charge on any atom is -0.496 e. The molecule has 0 radical (unpaired) electrons. The molecule has 0 aliphatic heterocycles. The van der Waals surface area contributed by atoms with E-state index in [1.807, 2.05) is 6.07 Å². The second-order valence-electron chi connectivity index (χ2n) is 5.48. The van der Waals surface area contributed by atoms with E-state index in [1.165, 1.54) is 48.7 Å². The molecule has 0 amide bonds. The Bertz CT molecular complexity index is 824. The predicted molar refractivity (Wildman–Crippen MR) is 105 cm³/mol. The van der Waals surface area contributed by atoms with Crippen LogP contribution in [0, 0.1) is 0 Å². The van der Waals surface area contributed by atoms with Crippen molar-refractivity contribution in [2.24, 2.45) is 0 Å². The van der Waals surface area contributed by atoms with Gasteiger partial charge in [0.1, 0.15) is 11.3 Å². The van der Waals surface area contributed by atoms with Crippen molar-refractivity contribution in [1.29, 1.82) is 0 Å². The first-order valence-corrected chi connectivity index (χ1v) is 8.37. The van der Waals surface area contributed by atoms with Crippen LogP contribution in [0.4, 0.5) is 0 Å². The number of hydrogen-bond acceptors (Lipinski definition) is 7. The Morgan fingerprint density at radius 3 is 1.50 bits per heavy atom. The number of carbonyl (C=O) groups is 1. The summed E-state index contributed by atoms with van der Waals surface area (Å²) in [5, 5.41) is 0. The lowest BCUT2D eigenvalue weighted by molar-refractivity contribution is 0.104. The average Bonchev–Trinajstić information content (AvgIpc) is 2.75. The van der Waals surface area contributed by atoms with Gasteiger partial charge >= 0.3 is 0 Å². The lowest BCUT2D eigenvalue weighted by Crippen LogP contribution is -2.06. The van der Waals surface area contributed by atoms with Crippen LogP contribution >= 0.6 is 0 Å². The number of benzene rings is 2. The monoisotopic (exact) mass is 388 g/mol. The number of ether oxygens (including phenoxy) is 6. The first kappa shape index (κ1) is 21.0. The normalized spacial score (nSPS) is 10.9. The topological polar surface area (TPSA) is 72.5 Å². The molecule has 0 unspecified atom stereocenters. The van der Waals surface area contributed by atoms with Crippen molar-refractivity contribution in [3.63, 3.8) is 0 Å². The van der Waals surface area contributed by atoms with E-state index in [-0.39, 0.29) is 34.5 Å². The largest absolute Gasteiger partial charge is 0.496 e. The van der Waals surface area contributed by atoms with E-state index in [2.05, 4.69) is 0 Å². The molecule has 28 heavy (non-hydrogen) atoms. The van der Waals surface area contributed by atoms with Crippen molar-refractivity contribution in [2.45, 2.75) is 0 Å². The van der Waals surface area contributed by atoms with Crippen molar-refractivity contribution in [2.75, 3.05) is 42.7 Å². The molecule has 0 fully saturated rings. The Hall–Kier alpha value is -3.35. The molecule has 0 N–H and O–H groups in total. The van der Waals surface area contributed by atoms with Crippen LogP contribution in [0.1, 0.15) is 15.9 Å². The third-order valence-electron chi connectivity index (χ3n) is 4.09. The van der Waals surface area contributed by atoms with Crippen molar-refractivity contribution >= 4 is 11.5 Å². The molecule has 0 aromatic heterocycles. The van der Waals surface area contributed by atoms with E-state index in [1.54, 1.807) is 24.3 Å². The van der Waals surface area contributed by atoms with Crippen molar-refractivity contribution < 1.29 is 33.2 Å². The van der Waals surface area contributed by atoms with E-state index >= 15 is 0 Å². The Labute approximate surface area is 164 Å². The van der Waals surface area contributed by atoms with Gasteiger partial charge in [-0.25, -0.2) is 0 Å². The molecule has 0 atom stereocenters. The zero-order chi connectivity index (χ0) is 20.7. The van der Waals surface area contributed by atoms with Gasteiger partial charge in [-0.2, -0.15) is 0 Å². The fraction of sp³-hybridized carbons (Fsp3) is 0.286. The molecule has 2 aromatic rings. The number of carbonyl (C=O) groups excluding carboxylic acids is 1. The molecule has 7 nitrogen and oxygen atoms in total. The van der Waals surface area contributed by atoms with Crippen LogP contribution in [0.3, 0.4) is 0 Å². The minimum absolute atomic E-state index is 0.224. The summed E-state index contributed by atoms with van der Waals surface area (Å²) in [5.41, 5.74) is 0.883. The van der Waals surface area contributed by atoms with Crippen LogP contribution in [0.5, 0.6) is 28.7 Å². The first-order chi connectivity index (χ1) is 13.6. The average molecular weight is 388 g/mol. The number of methoxy groups -OCH3 is 6. The SMILES string of the molecule is COC(=CC(=O)c1ccccc1)c1c(OC)c(OC)c(OC)c(OC)c1OC. The van der Waals surface area contributed by atoms with Crippen LogP contribution in [0.25, 0.3) is 5.76 Å². The van der Waals surface area contributed by atoms with Gasteiger partial charge in [0.05, 0.1) is 42.7 Å². The molecule has 7 heteroatoms. The molecule has 0 spiro atoms. The van der Waals surface area contributed by atoms with E-state index in [0.717, 1.165) is 0 Å². The lowest BCUT2D eigenvalue weighted by Gasteiger charge is -2.22. The molecule has 0 saturated heterocycles. The maximum atomic E-state index is 12.7. The van der Waals surface area contributed by atoms with E-state index in [0.29, 0.717) is 16.9 Å². The lowest BCUT2D eigenvalue weighted by atomic mass is 10.0. The summed E-state index contributed by atoms with van der Waals surface area (Å²) in [6.45, 7) is 0. The van der Waals surface area contributed by atoms with Crippen LogP contribution in [0.15, 0.2) is 36.4 Å². The van der Waals surface area contributed by atoms with Gasteiger partial charge in [-0.1, -0.05) is 30.3 Å². The van der Waals surface area contributed by atoms with Crippen molar-refractivity contribution in [3.05, 3.63) is 47.5 Å². The Kier molecular flexibility index (Phi) is 7.14. The fourth-order valence-electron chi connectivity index (χ4n) is 2.85. The van der Waals surface area contributed by atoms with Gasteiger partial charge in [0.2, 0.25) is 17.2 Å². The van der Waals surface area contributed by atoms with Gasteiger partial charge in [-0.05, 0) is 0 Å². The Balaban J connectivity index is 2.80. The molecule has 0 saturated carbocycles. The molecule has 2 aromatic carbocycles. The van der Waals surface area contributed by atoms with Crippen molar-refractivity contribution in [1.82, 2.24) is 0 Å². The smallest absolute Gasteiger partial charge is 0.211 e. The van der Waals surface area contributed by atoms with Gasteiger partial charge < -0.3 is 28.4 Å². The number of rotatable bonds is 9. The second-order valence-corrected chi connectivity index (χ2v) is 5.48. The zero-order valence-electron chi connectivity index (χ0n) is 16.8. The second kappa shape index (κ2) is 9.55. The summed E-state index contributed by atoms with van der Waals surface area (Å²) in [4.78, 5) is 12.7. The Morgan fingerprint density at radius 1 is 0.679 bits per heavy atom. The summed E-state index contributed by atoms with van der Waals surface area (Å²) < 4.78 is 33.0. The van der Waals surface area contributed by atoms with Gasteiger partial charge in [0.15, 0.2) is 17.3 Å². The molecular weight excluding hydrogens is 364 g/mol. The fourth-order valence-corrected chi connectivity index (χ4v) is 2.85. The first-order valence-electron chi connectivity index (χ1n) is 8.37. The van der Waals surface area contributed by atoms with Crippen LogP contribution in [0.2, 0.25) is 0 Å². The van der Waals surface area contributed by atoms with Gasteiger partial charge in [-0.15, -0.1) is 0 Å². The maximum absolute atomic E-state index is 12.7. The number of allylic oxidation sites excluding steroid dienone is 1. The number of ketones is 1. The summed E-state index contributed by atoms with van der Waals surface area (Å²) in [5.74, 6) is 1.42.